The van der Waals surface area contributed by atoms with Gasteiger partial charge in [0.15, 0.2) is 0 Å². The molecule has 0 aliphatic carbocycles. The van der Waals surface area contributed by atoms with Crippen LogP contribution in [-0.2, 0) is 0 Å². The summed E-state index contributed by atoms with van der Waals surface area (Å²) in [6, 6.07) is 156. The molecular weight excluding hydrogens is 1400 g/mol. The predicted octanol–water partition coefficient (Wildman–Crippen LogP) is 30.2. The molecule has 22 aromatic rings. The van der Waals surface area contributed by atoms with Gasteiger partial charge in [-0.05, 0) is 169 Å². The summed E-state index contributed by atoms with van der Waals surface area (Å²) in [5, 5.41) is 16.6. The van der Waals surface area contributed by atoms with E-state index in [1.807, 2.05) is 18.2 Å². The lowest BCUT2D eigenvalue weighted by molar-refractivity contribution is 1.32. The van der Waals surface area contributed by atoms with E-state index < -0.39 is 0 Å². The molecule has 0 radical (unpaired) electrons. The molecule has 0 aliphatic rings. The Morgan fingerprint density at radius 3 is 0.716 bits per heavy atom. The maximum Gasteiger partial charge on any atom is 0.0794 e. The van der Waals surface area contributed by atoms with Crippen LogP contribution in [0.3, 0.4) is 0 Å². The minimum absolute atomic E-state index is 0.937. The zero-order chi connectivity index (χ0) is 76.8. The van der Waals surface area contributed by atoms with Crippen LogP contribution in [-0.4, -0.2) is 19.9 Å². The molecular formula is C112H72N4. The SMILES string of the molecule is c1ccc(-c2cc(-c3ccc(-c4cc(-c5cccc6ccccc56)nc5c4cc(-c4cccc6ccccc46)c4ccccc45)cc3)cc(-c3ccccc3)n2)cc1.c1ccc(-c2cc(-c3ccccc3)nc(-c3ccc(-c4cc(-c5cccc6ccccc56)nc5c4cc(-c4cccc6ccccc46)c4ccccc45)cc3)c2)cc1. The molecule has 0 fully saturated rings. The third kappa shape index (κ3) is 12.8. The van der Waals surface area contributed by atoms with Crippen molar-refractivity contribution in [3.8, 4) is 134 Å². The topological polar surface area (TPSA) is 51.6 Å². The average molecular weight is 1470 g/mol. The van der Waals surface area contributed by atoms with Crippen LogP contribution in [0.4, 0.5) is 0 Å². The number of fused-ring (bicyclic) bond motifs is 10. The molecule has 0 N–H and O–H groups in total. The van der Waals surface area contributed by atoms with E-state index in [9.17, 15) is 0 Å². The molecule has 0 unspecified atom stereocenters. The van der Waals surface area contributed by atoms with Crippen LogP contribution in [0.25, 0.3) is 221 Å². The largest absolute Gasteiger partial charge is 0.248 e. The van der Waals surface area contributed by atoms with Gasteiger partial charge >= 0.3 is 0 Å². The molecule has 4 heterocycles. The maximum absolute atomic E-state index is 5.54. The molecule has 0 aliphatic heterocycles. The van der Waals surface area contributed by atoms with Crippen molar-refractivity contribution in [1.29, 1.82) is 0 Å². The summed E-state index contributed by atoms with van der Waals surface area (Å²) in [5.74, 6) is 0. The summed E-state index contributed by atoms with van der Waals surface area (Å²) in [6.45, 7) is 0. The van der Waals surface area contributed by atoms with E-state index in [4.69, 9.17) is 19.9 Å². The predicted molar refractivity (Wildman–Crippen MR) is 489 cm³/mol. The van der Waals surface area contributed by atoms with E-state index >= 15 is 0 Å². The normalized spacial score (nSPS) is 11.4. The second-order valence-electron chi connectivity index (χ2n) is 29.8. The Kier molecular flexibility index (Phi) is 17.6. The van der Waals surface area contributed by atoms with Crippen molar-refractivity contribution in [2.75, 3.05) is 0 Å². The highest BCUT2D eigenvalue weighted by molar-refractivity contribution is 6.20. The average Bonchev–Trinajstić information content (AvgIpc) is 0.735. The molecule has 4 heteroatoms. The van der Waals surface area contributed by atoms with Gasteiger partial charge in [0.05, 0.1) is 45.2 Å². The number of aromatic nitrogens is 4. The Hall–Kier alpha value is -15.4. The Morgan fingerprint density at radius 2 is 0.362 bits per heavy atom. The van der Waals surface area contributed by atoms with E-state index in [0.29, 0.717) is 0 Å². The summed E-state index contributed by atoms with van der Waals surface area (Å²) in [7, 11) is 0. The number of nitrogens with zero attached hydrogens (tertiary/aromatic N) is 4. The smallest absolute Gasteiger partial charge is 0.0794 e. The van der Waals surface area contributed by atoms with Gasteiger partial charge in [0.1, 0.15) is 0 Å². The van der Waals surface area contributed by atoms with E-state index in [2.05, 4.69) is 419 Å². The number of rotatable bonds is 12. The van der Waals surface area contributed by atoms with Crippen LogP contribution in [0, 0.1) is 0 Å². The highest BCUT2D eigenvalue weighted by Gasteiger charge is 2.22. The first-order valence-corrected chi connectivity index (χ1v) is 39.6. The van der Waals surface area contributed by atoms with Gasteiger partial charge < -0.3 is 0 Å². The second kappa shape index (κ2) is 29.7. The standard InChI is InChI=1S/2C56H36N2/c1-3-17-41(18-4-1)53-33-43(34-54(57-53)42-19-5-2-6-20-42)37-29-31-40(32-30-37)50-36-55(48-28-14-22-39-16-8-10-24-45(39)48)58-56-49-26-12-11-25-47(49)51(35-52(50)56)46-27-13-21-38-15-7-9-23-44(38)46;1-3-15-37(16-4-1)43-33-53(41-19-5-2-6-20-41)57-54(34-43)42-31-29-40(30-32-42)50-36-55(48-28-14-22-39-18-8-10-24-45(39)48)58-56-49-26-12-11-25-47(49)51(35-52(50)56)46-27-13-21-38-17-7-9-23-44(38)46/h2*1-36H. The van der Waals surface area contributed by atoms with Crippen molar-refractivity contribution in [3.05, 3.63) is 437 Å². The van der Waals surface area contributed by atoms with Crippen molar-refractivity contribution >= 4 is 86.4 Å². The fraction of sp³-hybridized carbons (Fsp3) is 0. The van der Waals surface area contributed by atoms with Crippen LogP contribution in [0.15, 0.2) is 437 Å². The first-order valence-electron chi connectivity index (χ1n) is 39.6. The van der Waals surface area contributed by atoms with Gasteiger partial charge in [0, 0.05) is 54.9 Å². The highest BCUT2D eigenvalue weighted by atomic mass is 14.7. The van der Waals surface area contributed by atoms with E-state index in [-0.39, 0.29) is 0 Å². The van der Waals surface area contributed by atoms with Crippen molar-refractivity contribution in [2.24, 2.45) is 0 Å². The minimum Gasteiger partial charge on any atom is -0.248 e. The maximum atomic E-state index is 5.54. The first kappa shape index (κ1) is 68.7. The molecule has 0 spiro atoms. The summed E-state index contributed by atoms with van der Waals surface area (Å²) in [5.41, 5.74) is 28.2. The Bertz CT molecular complexity index is 6940. The molecule has 0 saturated heterocycles. The Balaban J connectivity index is 0.000000145. The van der Waals surface area contributed by atoms with Crippen LogP contribution in [0.2, 0.25) is 0 Å². The third-order valence-electron chi connectivity index (χ3n) is 22.9. The Morgan fingerprint density at radius 1 is 0.112 bits per heavy atom. The lowest BCUT2D eigenvalue weighted by Crippen LogP contribution is -1.94. The van der Waals surface area contributed by atoms with Gasteiger partial charge in [0.25, 0.3) is 0 Å². The van der Waals surface area contributed by atoms with Gasteiger partial charge in [-0.15, -0.1) is 0 Å². The number of benzene rings is 18. The number of hydrogen-bond donors (Lipinski definition) is 0. The lowest BCUT2D eigenvalue weighted by Gasteiger charge is -2.17. The quantitative estimate of drug-likeness (QED) is 0.114. The second-order valence-corrected chi connectivity index (χ2v) is 29.8. The first-order chi connectivity index (χ1) is 57.5. The van der Waals surface area contributed by atoms with Crippen molar-refractivity contribution in [1.82, 2.24) is 19.9 Å². The van der Waals surface area contributed by atoms with Gasteiger partial charge in [0.2, 0.25) is 0 Å². The number of pyridine rings is 4. The van der Waals surface area contributed by atoms with Gasteiger partial charge in [-0.2, -0.15) is 0 Å². The molecule has 0 amide bonds. The number of hydrogen-bond acceptors (Lipinski definition) is 4. The summed E-state index contributed by atoms with van der Waals surface area (Å²) >= 11 is 0. The van der Waals surface area contributed by atoms with E-state index in [0.717, 1.165) is 139 Å². The molecule has 4 nitrogen and oxygen atoms in total. The lowest BCUT2D eigenvalue weighted by atomic mass is 9.88. The molecule has 0 atom stereocenters. The molecule has 0 bridgehead atoms. The fourth-order valence-corrected chi connectivity index (χ4v) is 17.2. The zero-order valence-electron chi connectivity index (χ0n) is 63.4. The van der Waals surface area contributed by atoms with E-state index in [1.165, 1.54) is 81.7 Å². The summed E-state index contributed by atoms with van der Waals surface area (Å²) in [4.78, 5) is 21.4. The Labute approximate surface area is 673 Å². The molecule has 540 valence electrons. The van der Waals surface area contributed by atoms with Crippen LogP contribution < -0.4 is 0 Å². The molecule has 22 rings (SSSR count). The van der Waals surface area contributed by atoms with Gasteiger partial charge in [-0.3, -0.25) is 0 Å². The van der Waals surface area contributed by atoms with Crippen molar-refractivity contribution in [2.45, 2.75) is 0 Å². The van der Waals surface area contributed by atoms with Crippen LogP contribution in [0.1, 0.15) is 0 Å². The van der Waals surface area contributed by atoms with Gasteiger partial charge in [-0.1, -0.05) is 388 Å². The molecule has 0 saturated carbocycles. The van der Waals surface area contributed by atoms with E-state index in [1.54, 1.807) is 0 Å². The van der Waals surface area contributed by atoms with Crippen molar-refractivity contribution in [3.63, 3.8) is 0 Å². The van der Waals surface area contributed by atoms with Crippen LogP contribution in [0.5, 0.6) is 0 Å². The van der Waals surface area contributed by atoms with Crippen molar-refractivity contribution < 1.29 is 0 Å². The summed E-state index contributed by atoms with van der Waals surface area (Å²) in [6.07, 6.45) is 0. The molecule has 18 aromatic carbocycles. The molecule has 4 aromatic heterocycles. The van der Waals surface area contributed by atoms with Crippen LogP contribution >= 0.6 is 0 Å². The fourth-order valence-electron chi connectivity index (χ4n) is 17.2. The monoisotopic (exact) mass is 1470 g/mol. The minimum atomic E-state index is 0.937. The summed E-state index contributed by atoms with van der Waals surface area (Å²) < 4.78 is 0. The zero-order valence-corrected chi connectivity index (χ0v) is 63.4. The highest BCUT2D eigenvalue weighted by Crippen LogP contribution is 2.47. The molecule has 116 heavy (non-hydrogen) atoms. The third-order valence-corrected chi connectivity index (χ3v) is 22.9. The van der Waals surface area contributed by atoms with Gasteiger partial charge in [-0.25, -0.2) is 19.9 Å².